The van der Waals surface area contributed by atoms with E-state index in [-0.39, 0.29) is 5.91 Å². The van der Waals surface area contributed by atoms with Gasteiger partial charge in [0, 0.05) is 16.6 Å². The van der Waals surface area contributed by atoms with Gasteiger partial charge in [-0.15, -0.1) is 11.3 Å². The third-order valence-electron chi connectivity index (χ3n) is 3.30. The predicted octanol–water partition coefficient (Wildman–Crippen LogP) is 3.15. The number of nitrogens with zero attached hydrogens (tertiary/aromatic N) is 3. The number of carbonyl (C=O) groups excluding carboxylic acids is 1. The minimum Gasteiger partial charge on any atom is -0.344 e. The molecule has 3 aromatic rings. The number of aryl methyl sites for hydroxylation is 2. The third kappa shape index (κ3) is 3.60. The lowest BCUT2D eigenvalue weighted by atomic mass is 10.1. The molecular formula is C17H16N4OS. The van der Waals surface area contributed by atoms with E-state index in [4.69, 9.17) is 0 Å². The van der Waals surface area contributed by atoms with E-state index in [1.54, 1.807) is 17.5 Å². The van der Waals surface area contributed by atoms with Crippen LogP contribution in [0.4, 0.5) is 0 Å². The number of carbonyl (C=O) groups is 1. The van der Waals surface area contributed by atoms with Crippen LogP contribution in [0.25, 0.3) is 11.3 Å². The SMILES string of the molecule is Cc1cnc(C(=O)NCc2nc(-c3ccccc3)c(C)s2)cn1. The molecule has 5 nitrogen and oxygen atoms in total. The second-order valence-corrected chi connectivity index (χ2v) is 6.39. The second-order valence-electron chi connectivity index (χ2n) is 5.10. The first-order chi connectivity index (χ1) is 11.1. The highest BCUT2D eigenvalue weighted by molar-refractivity contribution is 7.12. The van der Waals surface area contributed by atoms with Crippen molar-refractivity contribution in [2.24, 2.45) is 0 Å². The molecule has 2 aromatic heterocycles. The molecule has 0 aliphatic carbocycles. The molecule has 6 heteroatoms. The Hall–Kier alpha value is -2.60. The van der Waals surface area contributed by atoms with Crippen molar-refractivity contribution < 1.29 is 4.79 Å². The molecule has 23 heavy (non-hydrogen) atoms. The molecule has 2 heterocycles. The van der Waals surface area contributed by atoms with E-state index in [0.29, 0.717) is 12.2 Å². The van der Waals surface area contributed by atoms with Crippen LogP contribution >= 0.6 is 11.3 Å². The highest BCUT2D eigenvalue weighted by atomic mass is 32.1. The molecule has 1 aromatic carbocycles. The summed E-state index contributed by atoms with van der Waals surface area (Å²) in [6.45, 7) is 4.25. The van der Waals surface area contributed by atoms with E-state index in [9.17, 15) is 4.79 Å². The van der Waals surface area contributed by atoms with E-state index >= 15 is 0 Å². The van der Waals surface area contributed by atoms with Gasteiger partial charge in [-0.3, -0.25) is 9.78 Å². The van der Waals surface area contributed by atoms with Gasteiger partial charge in [0.2, 0.25) is 0 Å². The predicted molar refractivity (Wildman–Crippen MR) is 90.2 cm³/mol. The van der Waals surface area contributed by atoms with Gasteiger partial charge in [0.05, 0.1) is 24.1 Å². The van der Waals surface area contributed by atoms with Crippen molar-refractivity contribution >= 4 is 17.2 Å². The number of thiazole rings is 1. The Balaban J connectivity index is 1.69. The molecule has 3 rings (SSSR count). The average Bonchev–Trinajstić information content (AvgIpc) is 2.95. The zero-order chi connectivity index (χ0) is 16.2. The van der Waals surface area contributed by atoms with Crippen LogP contribution in [0.5, 0.6) is 0 Å². The van der Waals surface area contributed by atoms with Gasteiger partial charge in [0.15, 0.2) is 0 Å². The molecule has 0 fully saturated rings. The van der Waals surface area contributed by atoms with E-state index in [1.165, 1.54) is 6.20 Å². The molecule has 0 aliphatic rings. The van der Waals surface area contributed by atoms with Crippen LogP contribution in [0.15, 0.2) is 42.7 Å². The monoisotopic (exact) mass is 324 g/mol. The molecule has 116 valence electrons. The van der Waals surface area contributed by atoms with Crippen LogP contribution in [-0.2, 0) is 6.54 Å². The minimum absolute atomic E-state index is 0.244. The van der Waals surface area contributed by atoms with Crippen molar-refractivity contribution in [1.82, 2.24) is 20.3 Å². The van der Waals surface area contributed by atoms with Gasteiger partial charge in [0.1, 0.15) is 10.7 Å². The van der Waals surface area contributed by atoms with Gasteiger partial charge >= 0.3 is 0 Å². The van der Waals surface area contributed by atoms with Crippen LogP contribution in [0.1, 0.15) is 26.1 Å². The zero-order valence-electron chi connectivity index (χ0n) is 12.9. The summed E-state index contributed by atoms with van der Waals surface area (Å²) < 4.78 is 0. The molecule has 0 atom stereocenters. The lowest BCUT2D eigenvalue weighted by molar-refractivity contribution is 0.0945. The molecule has 0 aliphatic heterocycles. The fourth-order valence-electron chi connectivity index (χ4n) is 2.15. The number of benzene rings is 1. The average molecular weight is 324 g/mol. The molecule has 0 saturated heterocycles. The molecule has 1 N–H and O–H groups in total. The molecule has 0 radical (unpaired) electrons. The van der Waals surface area contributed by atoms with E-state index in [0.717, 1.165) is 26.8 Å². The first-order valence-corrected chi connectivity index (χ1v) is 8.03. The second kappa shape index (κ2) is 6.66. The first-order valence-electron chi connectivity index (χ1n) is 7.22. The van der Waals surface area contributed by atoms with Crippen LogP contribution in [0.2, 0.25) is 0 Å². The Labute approximate surface area is 138 Å². The number of nitrogens with one attached hydrogen (secondary N) is 1. The lowest BCUT2D eigenvalue weighted by Gasteiger charge is -2.02. The summed E-state index contributed by atoms with van der Waals surface area (Å²) >= 11 is 1.59. The maximum Gasteiger partial charge on any atom is 0.271 e. The maximum absolute atomic E-state index is 12.1. The van der Waals surface area contributed by atoms with Crippen molar-refractivity contribution in [3.63, 3.8) is 0 Å². The van der Waals surface area contributed by atoms with Crippen molar-refractivity contribution in [3.8, 4) is 11.3 Å². The topological polar surface area (TPSA) is 67.8 Å². The summed E-state index contributed by atoms with van der Waals surface area (Å²) in [5.74, 6) is -0.244. The van der Waals surface area contributed by atoms with Gasteiger partial charge in [-0.25, -0.2) is 9.97 Å². The van der Waals surface area contributed by atoms with Crippen LogP contribution in [-0.4, -0.2) is 20.9 Å². The largest absolute Gasteiger partial charge is 0.344 e. The number of hydrogen-bond donors (Lipinski definition) is 1. The lowest BCUT2D eigenvalue weighted by Crippen LogP contribution is -2.23. The summed E-state index contributed by atoms with van der Waals surface area (Å²) in [6.07, 6.45) is 3.06. The number of aromatic nitrogens is 3. The standard InChI is InChI=1S/C17H16N4OS/c1-11-8-19-14(9-18-11)17(22)20-10-15-21-16(12(2)23-15)13-6-4-3-5-7-13/h3-9H,10H2,1-2H3,(H,20,22). The van der Waals surface area contributed by atoms with Crippen LogP contribution in [0.3, 0.4) is 0 Å². The summed E-state index contributed by atoms with van der Waals surface area (Å²) in [4.78, 5) is 26.0. The van der Waals surface area contributed by atoms with Gasteiger partial charge in [-0.2, -0.15) is 0 Å². The Morgan fingerprint density at radius 1 is 1.13 bits per heavy atom. The molecular weight excluding hydrogens is 308 g/mol. The fourth-order valence-corrected chi connectivity index (χ4v) is 3.04. The highest BCUT2D eigenvalue weighted by Crippen LogP contribution is 2.27. The summed E-state index contributed by atoms with van der Waals surface area (Å²) in [5.41, 5.74) is 3.15. The van der Waals surface area contributed by atoms with Gasteiger partial charge in [-0.1, -0.05) is 30.3 Å². The van der Waals surface area contributed by atoms with E-state index in [1.807, 2.05) is 44.2 Å². The zero-order valence-corrected chi connectivity index (χ0v) is 13.7. The summed E-state index contributed by atoms with van der Waals surface area (Å²) in [7, 11) is 0. The Morgan fingerprint density at radius 2 is 1.91 bits per heavy atom. The summed E-state index contributed by atoms with van der Waals surface area (Å²) in [6, 6.07) is 10.0. The van der Waals surface area contributed by atoms with Crippen molar-refractivity contribution in [2.75, 3.05) is 0 Å². The van der Waals surface area contributed by atoms with Crippen molar-refractivity contribution in [3.05, 3.63) is 64.0 Å². The molecule has 0 bridgehead atoms. The van der Waals surface area contributed by atoms with Crippen LogP contribution < -0.4 is 5.32 Å². The highest BCUT2D eigenvalue weighted by Gasteiger charge is 2.12. The molecule has 1 amide bonds. The van der Waals surface area contributed by atoms with E-state index < -0.39 is 0 Å². The smallest absolute Gasteiger partial charge is 0.271 e. The number of amides is 1. The number of rotatable bonds is 4. The van der Waals surface area contributed by atoms with Crippen molar-refractivity contribution in [2.45, 2.75) is 20.4 Å². The maximum atomic E-state index is 12.1. The Kier molecular flexibility index (Phi) is 4.43. The Morgan fingerprint density at radius 3 is 2.61 bits per heavy atom. The third-order valence-corrected chi connectivity index (χ3v) is 4.27. The van der Waals surface area contributed by atoms with Gasteiger partial charge in [0.25, 0.3) is 5.91 Å². The molecule has 0 saturated carbocycles. The Bertz CT molecular complexity index is 812. The fraction of sp³-hybridized carbons (Fsp3) is 0.176. The normalized spacial score (nSPS) is 10.5. The van der Waals surface area contributed by atoms with Crippen molar-refractivity contribution in [1.29, 1.82) is 0 Å². The summed E-state index contributed by atoms with van der Waals surface area (Å²) in [5, 5.41) is 3.70. The van der Waals surface area contributed by atoms with Gasteiger partial charge in [-0.05, 0) is 13.8 Å². The number of hydrogen-bond acceptors (Lipinski definition) is 5. The van der Waals surface area contributed by atoms with Crippen LogP contribution in [0, 0.1) is 13.8 Å². The first kappa shape index (κ1) is 15.3. The molecule has 0 spiro atoms. The minimum atomic E-state index is -0.244. The van der Waals surface area contributed by atoms with Gasteiger partial charge < -0.3 is 5.32 Å². The quantitative estimate of drug-likeness (QED) is 0.800. The molecule has 0 unspecified atom stereocenters. The van der Waals surface area contributed by atoms with E-state index in [2.05, 4.69) is 20.3 Å².